The number of benzene rings is 1. The molecular formula is C13H15ClN4O2. The number of halogens is 1. The smallest absolute Gasteiger partial charge is 0.322 e. The largest absolute Gasteiger partial charge is 0.497 e. The van der Waals surface area contributed by atoms with E-state index in [1.165, 1.54) is 0 Å². The molecule has 0 unspecified atom stereocenters. The molecule has 0 saturated carbocycles. The second-order valence-electron chi connectivity index (χ2n) is 3.88. The van der Waals surface area contributed by atoms with Crippen molar-refractivity contribution in [3.05, 3.63) is 29.5 Å². The monoisotopic (exact) mass is 294 g/mol. The molecule has 1 aromatic carbocycles. The number of methoxy groups -OCH3 is 1. The molecule has 20 heavy (non-hydrogen) atoms. The summed E-state index contributed by atoms with van der Waals surface area (Å²) in [5, 5.41) is 0.0909. The van der Waals surface area contributed by atoms with Crippen molar-refractivity contribution in [2.75, 3.05) is 25.7 Å². The van der Waals surface area contributed by atoms with E-state index in [0.717, 1.165) is 11.4 Å². The lowest BCUT2D eigenvalue weighted by atomic mass is 10.3. The molecule has 0 radical (unpaired) electrons. The van der Waals surface area contributed by atoms with Crippen molar-refractivity contribution in [3.8, 4) is 11.8 Å². The van der Waals surface area contributed by atoms with Crippen molar-refractivity contribution in [1.82, 2.24) is 15.0 Å². The molecule has 1 aromatic heterocycles. The Balaban J connectivity index is 2.34. The van der Waals surface area contributed by atoms with Crippen LogP contribution in [0.15, 0.2) is 24.3 Å². The van der Waals surface area contributed by atoms with Gasteiger partial charge in [0, 0.05) is 18.8 Å². The van der Waals surface area contributed by atoms with E-state index in [1.54, 1.807) is 12.0 Å². The fourth-order valence-electron chi connectivity index (χ4n) is 1.60. The summed E-state index contributed by atoms with van der Waals surface area (Å²) in [7, 11) is 3.45. The lowest BCUT2D eigenvalue weighted by Crippen LogP contribution is -2.14. The second-order valence-corrected chi connectivity index (χ2v) is 4.22. The fraction of sp³-hybridized carbons (Fsp3) is 0.308. The number of hydrogen-bond acceptors (Lipinski definition) is 6. The zero-order chi connectivity index (χ0) is 14.5. The summed E-state index contributed by atoms with van der Waals surface area (Å²) >= 11 is 5.88. The van der Waals surface area contributed by atoms with Gasteiger partial charge in [0.1, 0.15) is 5.75 Å². The van der Waals surface area contributed by atoms with E-state index in [9.17, 15) is 0 Å². The standard InChI is InChI=1S/C13H15ClN4O2/c1-4-20-13-16-11(14)15-12(17-13)18(2)9-6-5-7-10(8-9)19-3/h5-8H,4H2,1-3H3. The molecule has 0 aliphatic carbocycles. The molecule has 7 heteroatoms. The first-order valence-corrected chi connectivity index (χ1v) is 6.44. The van der Waals surface area contributed by atoms with Gasteiger partial charge in [-0.25, -0.2) is 0 Å². The quantitative estimate of drug-likeness (QED) is 0.845. The lowest BCUT2D eigenvalue weighted by molar-refractivity contribution is 0.311. The molecule has 0 fully saturated rings. The first-order chi connectivity index (χ1) is 9.63. The number of rotatable bonds is 5. The first kappa shape index (κ1) is 14.3. The highest BCUT2D eigenvalue weighted by Crippen LogP contribution is 2.25. The van der Waals surface area contributed by atoms with Crippen LogP contribution in [0, 0.1) is 0 Å². The number of anilines is 2. The molecular weight excluding hydrogens is 280 g/mol. The van der Waals surface area contributed by atoms with Crippen LogP contribution in [0.25, 0.3) is 0 Å². The molecule has 0 saturated heterocycles. The van der Waals surface area contributed by atoms with Crippen molar-refractivity contribution in [1.29, 1.82) is 0 Å². The molecule has 0 aliphatic heterocycles. The maximum absolute atomic E-state index is 5.88. The molecule has 0 bridgehead atoms. The third-order valence-corrected chi connectivity index (χ3v) is 2.76. The van der Waals surface area contributed by atoms with Crippen LogP contribution in [0.1, 0.15) is 6.92 Å². The Morgan fingerprint density at radius 2 is 2.05 bits per heavy atom. The Kier molecular flexibility index (Phi) is 4.57. The first-order valence-electron chi connectivity index (χ1n) is 6.06. The van der Waals surface area contributed by atoms with Crippen LogP contribution < -0.4 is 14.4 Å². The Bertz CT molecular complexity index is 594. The average Bonchev–Trinajstić information content (AvgIpc) is 2.46. The summed E-state index contributed by atoms with van der Waals surface area (Å²) in [6.07, 6.45) is 0. The highest BCUT2D eigenvalue weighted by Gasteiger charge is 2.12. The van der Waals surface area contributed by atoms with Crippen molar-refractivity contribution in [2.45, 2.75) is 6.92 Å². The number of aromatic nitrogens is 3. The van der Waals surface area contributed by atoms with Crippen LogP contribution in [-0.4, -0.2) is 35.7 Å². The number of hydrogen-bond donors (Lipinski definition) is 0. The lowest BCUT2D eigenvalue weighted by Gasteiger charge is -2.18. The Morgan fingerprint density at radius 3 is 2.75 bits per heavy atom. The van der Waals surface area contributed by atoms with Crippen molar-refractivity contribution in [3.63, 3.8) is 0 Å². The average molecular weight is 295 g/mol. The Hall–Kier alpha value is -2.08. The SMILES string of the molecule is CCOc1nc(Cl)nc(N(C)c2cccc(OC)c2)n1. The maximum Gasteiger partial charge on any atom is 0.322 e. The van der Waals surface area contributed by atoms with Gasteiger partial charge in [-0.05, 0) is 30.7 Å². The molecule has 106 valence electrons. The molecule has 0 atom stereocenters. The van der Waals surface area contributed by atoms with Gasteiger partial charge in [-0.15, -0.1) is 0 Å². The van der Waals surface area contributed by atoms with Crippen LogP contribution in [0.5, 0.6) is 11.8 Å². The summed E-state index contributed by atoms with van der Waals surface area (Å²) in [5.74, 6) is 1.15. The predicted molar refractivity (Wildman–Crippen MR) is 77.1 cm³/mol. The van der Waals surface area contributed by atoms with Crippen LogP contribution in [0.2, 0.25) is 5.28 Å². The zero-order valence-electron chi connectivity index (χ0n) is 11.5. The van der Waals surface area contributed by atoms with Gasteiger partial charge in [-0.1, -0.05) is 6.07 Å². The molecule has 1 heterocycles. The summed E-state index contributed by atoms with van der Waals surface area (Å²) in [5.41, 5.74) is 0.870. The third kappa shape index (κ3) is 3.27. The molecule has 2 rings (SSSR count). The summed E-state index contributed by atoms with van der Waals surface area (Å²) in [4.78, 5) is 14.0. The minimum atomic E-state index is 0.0909. The van der Waals surface area contributed by atoms with E-state index in [2.05, 4.69) is 15.0 Å². The van der Waals surface area contributed by atoms with Crippen LogP contribution in [0.4, 0.5) is 11.6 Å². The third-order valence-electron chi connectivity index (χ3n) is 2.59. The molecule has 2 aromatic rings. The van der Waals surface area contributed by atoms with Crippen LogP contribution in [0.3, 0.4) is 0 Å². The van der Waals surface area contributed by atoms with E-state index in [4.69, 9.17) is 21.1 Å². The summed E-state index contributed by atoms with van der Waals surface area (Å²) < 4.78 is 10.5. The van der Waals surface area contributed by atoms with Gasteiger partial charge in [-0.3, -0.25) is 0 Å². The van der Waals surface area contributed by atoms with E-state index >= 15 is 0 Å². The minimum absolute atomic E-state index is 0.0909. The van der Waals surface area contributed by atoms with Gasteiger partial charge in [0.05, 0.1) is 13.7 Å². The fourth-order valence-corrected chi connectivity index (χ4v) is 1.75. The molecule has 0 N–H and O–H groups in total. The van der Waals surface area contributed by atoms with Gasteiger partial charge >= 0.3 is 6.01 Å². The van der Waals surface area contributed by atoms with Crippen LogP contribution in [-0.2, 0) is 0 Å². The maximum atomic E-state index is 5.88. The van der Waals surface area contributed by atoms with E-state index in [0.29, 0.717) is 12.6 Å². The van der Waals surface area contributed by atoms with Gasteiger partial charge < -0.3 is 14.4 Å². The molecule has 0 amide bonds. The minimum Gasteiger partial charge on any atom is -0.497 e. The topological polar surface area (TPSA) is 60.4 Å². The van der Waals surface area contributed by atoms with Crippen molar-refractivity contribution < 1.29 is 9.47 Å². The van der Waals surface area contributed by atoms with E-state index in [1.807, 2.05) is 38.2 Å². The van der Waals surface area contributed by atoms with Gasteiger partial charge in [0.15, 0.2) is 0 Å². The van der Waals surface area contributed by atoms with E-state index in [-0.39, 0.29) is 11.3 Å². The van der Waals surface area contributed by atoms with Gasteiger partial charge in [0.2, 0.25) is 11.2 Å². The number of nitrogens with zero attached hydrogens (tertiary/aromatic N) is 4. The zero-order valence-corrected chi connectivity index (χ0v) is 12.3. The Morgan fingerprint density at radius 1 is 1.25 bits per heavy atom. The van der Waals surface area contributed by atoms with Crippen molar-refractivity contribution >= 4 is 23.2 Å². The summed E-state index contributed by atoms with van der Waals surface area (Å²) in [6.45, 7) is 2.31. The van der Waals surface area contributed by atoms with Crippen molar-refractivity contribution in [2.24, 2.45) is 0 Å². The van der Waals surface area contributed by atoms with Gasteiger partial charge in [0.25, 0.3) is 0 Å². The van der Waals surface area contributed by atoms with Crippen LogP contribution >= 0.6 is 11.6 Å². The van der Waals surface area contributed by atoms with E-state index < -0.39 is 0 Å². The molecule has 6 nitrogen and oxygen atoms in total. The highest BCUT2D eigenvalue weighted by atomic mass is 35.5. The highest BCUT2D eigenvalue weighted by molar-refractivity contribution is 6.28. The Labute approximate surface area is 122 Å². The van der Waals surface area contributed by atoms with Gasteiger partial charge in [-0.2, -0.15) is 15.0 Å². The normalized spacial score (nSPS) is 10.2. The molecule has 0 aliphatic rings. The number of ether oxygens (including phenoxy) is 2. The predicted octanol–water partition coefficient (Wildman–Crippen LogP) is 2.70. The molecule has 0 spiro atoms. The summed E-state index contributed by atoms with van der Waals surface area (Å²) in [6, 6.07) is 7.75. The second kappa shape index (κ2) is 6.38.